The summed E-state index contributed by atoms with van der Waals surface area (Å²) in [4.78, 5) is 2.47. The Kier molecular flexibility index (Phi) is 5.26. The maximum Gasteiger partial charge on any atom is 0.0682 e. The largest absolute Gasteiger partial charge is 0.392 e. The van der Waals surface area contributed by atoms with Crippen LogP contribution in [0.15, 0.2) is 0 Å². The van der Waals surface area contributed by atoms with E-state index in [1.54, 1.807) is 0 Å². The smallest absolute Gasteiger partial charge is 0.0682 e. The van der Waals surface area contributed by atoms with E-state index >= 15 is 0 Å². The van der Waals surface area contributed by atoms with E-state index in [0.717, 1.165) is 38.6 Å². The van der Waals surface area contributed by atoms with E-state index in [1.165, 1.54) is 32.1 Å². The Bertz CT molecular complexity index is 216. The topological polar surface area (TPSA) is 32.7 Å². The predicted octanol–water partition coefficient (Wildman–Crippen LogP) is 2.04. The lowest BCUT2D eigenvalue weighted by Gasteiger charge is -2.33. The van der Waals surface area contributed by atoms with Gasteiger partial charge in [0.05, 0.1) is 12.7 Å². The second-order valence-electron chi connectivity index (χ2n) is 5.55. The van der Waals surface area contributed by atoms with Crippen LogP contribution in [0.25, 0.3) is 0 Å². The summed E-state index contributed by atoms with van der Waals surface area (Å²) in [6.07, 6.45) is 7.78. The molecule has 1 saturated heterocycles. The average molecular weight is 241 g/mol. The van der Waals surface area contributed by atoms with Gasteiger partial charge in [-0.05, 0) is 32.1 Å². The lowest BCUT2D eigenvalue weighted by atomic mass is 9.83. The van der Waals surface area contributed by atoms with Crippen LogP contribution < -0.4 is 0 Å². The maximum atomic E-state index is 9.87. The fourth-order valence-electron chi connectivity index (χ4n) is 3.50. The first-order chi connectivity index (χ1) is 8.31. The predicted molar refractivity (Wildman–Crippen MR) is 69.1 cm³/mol. The number of likely N-dealkylation sites (tertiary alicyclic amines) is 1. The van der Waals surface area contributed by atoms with Gasteiger partial charge in [0.2, 0.25) is 0 Å². The molecule has 0 aromatic rings. The summed E-state index contributed by atoms with van der Waals surface area (Å²) in [6.45, 7) is 5.49. The third kappa shape index (κ3) is 3.67. The molecule has 0 spiro atoms. The third-order valence-electron chi connectivity index (χ3n) is 4.35. The number of hydrogen-bond acceptors (Lipinski definition) is 3. The van der Waals surface area contributed by atoms with Crippen molar-refractivity contribution >= 4 is 0 Å². The van der Waals surface area contributed by atoms with E-state index in [0.29, 0.717) is 6.04 Å². The van der Waals surface area contributed by atoms with Crippen molar-refractivity contribution in [2.24, 2.45) is 5.92 Å². The summed E-state index contributed by atoms with van der Waals surface area (Å²) < 4.78 is 5.44. The monoisotopic (exact) mass is 241 g/mol. The minimum Gasteiger partial charge on any atom is -0.392 e. The summed E-state index contributed by atoms with van der Waals surface area (Å²) in [7, 11) is 0. The van der Waals surface area contributed by atoms with Gasteiger partial charge in [-0.25, -0.2) is 0 Å². The number of aliphatic hydroxyl groups is 1. The van der Waals surface area contributed by atoms with E-state index < -0.39 is 0 Å². The molecule has 3 nitrogen and oxygen atoms in total. The van der Waals surface area contributed by atoms with Gasteiger partial charge < -0.3 is 9.84 Å². The van der Waals surface area contributed by atoms with Crippen LogP contribution in [0, 0.1) is 5.92 Å². The molecule has 17 heavy (non-hydrogen) atoms. The van der Waals surface area contributed by atoms with Crippen molar-refractivity contribution in [3.05, 3.63) is 0 Å². The van der Waals surface area contributed by atoms with E-state index in [1.807, 2.05) is 6.92 Å². The zero-order valence-corrected chi connectivity index (χ0v) is 11.1. The molecule has 0 aromatic carbocycles. The highest BCUT2D eigenvalue weighted by Crippen LogP contribution is 2.34. The van der Waals surface area contributed by atoms with E-state index in [4.69, 9.17) is 4.74 Å². The minimum absolute atomic E-state index is 0.108. The van der Waals surface area contributed by atoms with Crippen LogP contribution in [0.5, 0.6) is 0 Å². The van der Waals surface area contributed by atoms with Gasteiger partial charge in [-0.2, -0.15) is 0 Å². The number of β-amino-alcohol motifs (C(OH)–C–C–N with tert-alkyl or cyclic N) is 1. The van der Waals surface area contributed by atoms with Gasteiger partial charge in [0.1, 0.15) is 0 Å². The summed E-state index contributed by atoms with van der Waals surface area (Å²) in [5.74, 6) is 0.822. The van der Waals surface area contributed by atoms with Gasteiger partial charge in [0.15, 0.2) is 0 Å². The quantitative estimate of drug-likeness (QED) is 0.748. The SMILES string of the molecule is CCOCCN1C[C@H](O)C[C@H]1C1CCCCC1. The molecule has 0 unspecified atom stereocenters. The van der Waals surface area contributed by atoms with Crippen LogP contribution in [-0.4, -0.2) is 48.5 Å². The fourth-order valence-corrected chi connectivity index (χ4v) is 3.50. The zero-order valence-electron chi connectivity index (χ0n) is 11.1. The van der Waals surface area contributed by atoms with Gasteiger partial charge in [-0.3, -0.25) is 4.90 Å². The van der Waals surface area contributed by atoms with Crippen LogP contribution in [0.4, 0.5) is 0 Å². The van der Waals surface area contributed by atoms with Crippen molar-refractivity contribution in [2.45, 2.75) is 57.6 Å². The molecule has 0 radical (unpaired) electrons. The third-order valence-corrected chi connectivity index (χ3v) is 4.35. The highest BCUT2D eigenvalue weighted by atomic mass is 16.5. The molecule has 1 aliphatic heterocycles. The van der Waals surface area contributed by atoms with Crippen molar-refractivity contribution in [3.63, 3.8) is 0 Å². The minimum atomic E-state index is -0.108. The number of nitrogens with zero attached hydrogens (tertiary/aromatic N) is 1. The van der Waals surface area contributed by atoms with E-state index in [-0.39, 0.29) is 6.10 Å². The molecule has 3 heteroatoms. The van der Waals surface area contributed by atoms with Gasteiger partial charge in [-0.1, -0.05) is 19.3 Å². The number of aliphatic hydroxyl groups excluding tert-OH is 1. The second-order valence-corrected chi connectivity index (χ2v) is 5.55. The Morgan fingerprint density at radius 1 is 1.24 bits per heavy atom. The van der Waals surface area contributed by atoms with Gasteiger partial charge in [0.25, 0.3) is 0 Å². The molecule has 2 atom stereocenters. The zero-order chi connectivity index (χ0) is 12.1. The number of rotatable bonds is 5. The molecule has 0 bridgehead atoms. The Morgan fingerprint density at radius 2 is 2.00 bits per heavy atom. The standard InChI is InChI=1S/C14H27NO2/c1-2-17-9-8-15-11-13(16)10-14(15)12-6-4-3-5-7-12/h12-14,16H,2-11H2,1H3/t13-,14+/m1/s1. The lowest BCUT2D eigenvalue weighted by molar-refractivity contribution is 0.0857. The normalized spacial score (nSPS) is 32.1. The Morgan fingerprint density at radius 3 is 2.71 bits per heavy atom. The van der Waals surface area contributed by atoms with Crippen molar-refractivity contribution in [2.75, 3.05) is 26.3 Å². The fraction of sp³-hybridized carbons (Fsp3) is 1.00. The first-order valence-corrected chi connectivity index (χ1v) is 7.31. The van der Waals surface area contributed by atoms with E-state index in [2.05, 4.69) is 4.90 Å². The summed E-state index contributed by atoms with van der Waals surface area (Å²) in [5, 5.41) is 9.87. The first-order valence-electron chi connectivity index (χ1n) is 7.31. The van der Waals surface area contributed by atoms with Gasteiger partial charge >= 0.3 is 0 Å². The molecule has 0 aromatic heterocycles. The first kappa shape index (κ1) is 13.3. The van der Waals surface area contributed by atoms with Crippen LogP contribution >= 0.6 is 0 Å². The molecule has 0 amide bonds. The van der Waals surface area contributed by atoms with Crippen LogP contribution in [0.2, 0.25) is 0 Å². The maximum absolute atomic E-state index is 9.87. The van der Waals surface area contributed by atoms with Gasteiger partial charge in [0, 0.05) is 25.7 Å². The van der Waals surface area contributed by atoms with Crippen molar-refractivity contribution in [3.8, 4) is 0 Å². The molecule has 1 N–H and O–H groups in total. The molecular weight excluding hydrogens is 214 g/mol. The molecule has 2 rings (SSSR count). The van der Waals surface area contributed by atoms with Crippen LogP contribution in [0.1, 0.15) is 45.4 Å². The summed E-state index contributed by atoms with van der Waals surface area (Å²) >= 11 is 0. The molecule has 1 heterocycles. The average Bonchev–Trinajstić information content (AvgIpc) is 2.72. The van der Waals surface area contributed by atoms with Crippen molar-refractivity contribution < 1.29 is 9.84 Å². The Balaban J connectivity index is 1.84. The Labute approximate surface area is 105 Å². The van der Waals surface area contributed by atoms with Crippen LogP contribution in [0.3, 0.4) is 0 Å². The van der Waals surface area contributed by atoms with Crippen molar-refractivity contribution in [1.29, 1.82) is 0 Å². The summed E-state index contributed by atoms with van der Waals surface area (Å²) in [6, 6.07) is 0.616. The van der Waals surface area contributed by atoms with Gasteiger partial charge in [-0.15, -0.1) is 0 Å². The molecule has 1 saturated carbocycles. The molecule has 2 fully saturated rings. The summed E-state index contributed by atoms with van der Waals surface area (Å²) in [5.41, 5.74) is 0. The number of ether oxygens (including phenoxy) is 1. The van der Waals surface area contributed by atoms with E-state index in [9.17, 15) is 5.11 Å². The molecular formula is C14H27NO2. The highest BCUT2D eigenvalue weighted by Gasteiger charge is 2.36. The molecule has 2 aliphatic rings. The Hall–Kier alpha value is -0.120. The lowest BCUT2D eigenvalue weighted by Crippen LogP contribution is -2.38. The molecule has 100 valence electrons. The molecule has 1 aliphatic carbocycles. The highest BCUT2D eigenvalue weighted by molar-refractivity contribution is 4.90. The number of hydrogen-bond donors (Lipinski definition) is 1. The second kappa shape index (κ2) is 6.72. The van der Waals surface area contributed by atoms with Crippen molar-refractivity contribution in [1.82, 2.24) is 4.90 Å². The van der Waals surface area contributed by atoms with Crippen LogP contribution in [-0.2, 0) is 4.74 Å².